The van der Waals surface area contributed by atoms with Crippen molar-refractivity contribution in [3.63, 3.8) is 0 Å². The van der Waals surface area contributed by atoms with Crippen LogP contribution in [0.4, 0.5) is 4.39 Å². The zero-order chi connectivity index (χ0) is 14.5. The van der Waals surface area contributed by atoms with Gasteiger partial charge in [0.2, 0.25) is 0 Å². The van der Waals surface area contributed by atoms with Crippen LogP contribution < -0.4 is 5.32 Å². The van der Waals surface area contributed by atoms with Crippen LogP contribution in [0.5, 0.6) is 0 Å². The predicted molar refractivity (Wildman–Crippen MR) is 75.6 cm³/mol. The van der Waals surface area contributed by atoms with Crippen molar-refractivity contribution < 1.29 is 14.3 Å². The minimum absolute atomic E-state index is 0.0300. The number of aliphatic hydroxyl groups is 1. The Morgan fingerprint density at radius 3 is 2.60 bits per heavy atom. The van der Waals surface area contributed by atoms with Gasteiger partial charge in [0.1, 0.15) is 11.5 Å². The smallest absolute Gasteiger partial charge is 0.269 e. The monoisotopic (exact) mass is 338 g/mol. The summed E-state index contributed by atoms with van der Waals surface area (Å²) in [5.74, 6) is -0.747. The predicted octanol–water partition coefficient (Wildman–Crippen LogP) is 2.45. The molecule has 6 heteroatoms. The molecule has 2 rings (SSSR count). The van der Waals surface area contributed by atoms with Crippen LogP contribution in [0.25, 0.3) is 0 Å². The highest BCUT2D eigenvalue weighted by Gasteiger charge is 2.11. The van der Waals surface area contributed by atoms with Gasteiger partial charge in [-0.1, -0.05) is 12.1 Å². The van der Waals surface area contributed by atoms with Gasteiger partial charge < -0.3 is 10.4 Å². The van der Waals surface area contributed by atoms with E-state index in [1.165, 1.54) is 30.5 Å². The SMILES string of the molecule is O=C(NCC(O)c1ccc(F)cc1)c1ccc(Br)cn1. The number of aliphatic hydroxyl groups excluding tert-OH is 1. The Bertz CT molecular complexity index is 587. The lowest BCUT2D eigenvalue weighted by Crippen LogP contribution is -2.29. The Kier molecular flexibility index (Phi) is 4.81. The molecule has 0 fully saturated rings. The summed E-state index contributed by atoms with van der Waals surface area (Å²) >= 11 is 3.23. The van der Waals surface area contributed by atoms with E-state index in [1.54, 1.807) is 12.1 Å². The summed E-state index contributed by atoms with van der Waals surface area (Å²) in [6.45, 7) is 0.0300. The second-order valence-corrected chi connectivity index (χ2v) is 5.05. The van der Waals surface area contributed by atoms with E-state index in [0.29, 0.717) is 5.56 Å². The number of nitrogens with zero attached hydrogens (tertiary/aromatic N) is 1. The highest BCUT2D eigenvalue weighted by atomic mass is 79.9. The van der Waals surface area contributed by atoms with Gasteiger partial charge in [-0.25, -0.2) is 9.37 Å². The Morgan fingerprint density at radius 1 is 1.30 bits per heavy atom. The molecule has 0 spiro atoms. The van der Waals surface area contributed by atoms with E-state index in [-0.39, 0.29) is 24.0 Å². The fraction of sp³-hybridized carbons (Fsp3) is 0.143. The lowest BCUT2D eigenvalue weighted by atomic mass is 10.1. The molecule has 0 saturated heterocycles. The first-order chi connectivity index (χ1) is 9.56. The first-order valence-corrected chi connectivity index (χ1v) is 6.69. The summed E-state index contributed by atoms with van der Waals surface area (Å²) in [4.78, 5) is 15.7. The maximum atomic E-state index is 12.8. The van der Waals surface area contributed by atoms with Crippen molar-refractivity contribution in [2.75, 3.05) is 6.54 Å². The van der Waals surface area contributed by atoms with Crippen LogP contribution in [0.15, 0.2) is 47.1 Å². The Hall–Kier alpha value is -1.79. The molecule has 0 saturated carbocycles. The number of benzene rings is 1. The van der Waals surface area contributed by atoms with Crippen molar-refractivity contribution in [3.8, 4) is 0 Å². The normalized spacial score (nSPS) is 11.9. The van der Waals surface area contributed by atoms with Crippen molar-refractivity contribution in [1.82, 2.24) is 10.3 Å². The van der Waals surface area contributed by atoms with E-state index in [1.807, 2.05) is 0 Å². The van der Waals surface area contributed by atoms with Gasteiger partial charge in [0.05, 0.1) is 6.10 Å². The molecule has 0 radical (unpaired) electrons. The van der Waals surface area contributed by atoms with E-state index >= 15 is 0 Å². The van der Waals surface area contributed by atoms with Gasteiger partial charge in [-0.15, -0.1) is 0 Å². The molecule has 1 unspecified atom stereocenters. The van der Waals surface area contributed by atoms with Gasteiger partial charge in [0.25, 0.3) is 5.91 Å². The Labute approximate surface area is 123 Å². The lowest BCUT2D eigenvalue weighted by Gasteiger charge is -2.12. The van der Waals surface area contributed by atoms with E-state index in [0.717, 1.165) is 4.47 Å². The Balaban J connectivity index is 1.92. The van der Waals surface area contributed by atoms with Gasteiger partial charge in [-0.3, -0.25) is 4.79 Å². The van der Waals surface area contributed by atoms with Crippen molar-refractivity contribution in [1.29, 1.82) is 0 Å². The van der Waals surface area contributed by atoms with Crippen LogP contribution >= 0.6 is 15.9 Å². The quantitative estimate of drug-likeness (QED) is 0.900. The molecule has 1 aromatic heterocycles. The number of amides is 1. The molecule has 0 aliphatic rings. The first-order valence-electron chi connectivity index (χ1n) is 5.89. The van der Waals surface area contributed by atoms with E-state index in [9.17, 15) is 14.3 Å². The Morgan fingerprint density at radius 2 is 2.00 bits per heavy atom. The number of halogens is 2. The molecule has 1 aromatic carbocycles. The maximum Gasteiger partial charge on any atom is 0.269 e. The van der Waals surface area contributed by atoms with Crippen molar-refractivity contribution in [3.05, 3.63) is 64.1 Å². The first kappa shape index (κ1) is 14.6. The molecule has 2 aromatic rings. The summed E-state index contributed by atoms with van der Waals surface area (Å²) in [6.07, 6.45) is 0.626. The maximum absolute atomic E-state index is 12.8. The van der Waals surface area contributed by atoms with Crippen molar-refractivity contribution in [2.45, 2.75) is 6.10 Å². The third-order valence-electron chi connectivity index (χ3n) is 2.67. The van der Waals surface area contributed by atoms with Gasteiger partial charge >= 0.3 is 0 Å². The summed E-state index contributed by atoms with van der Waals surface area (Å²) in [7, 11) is 0. The van der Waals surface area contributed by atoms with Crippen LogP contribution in [0, 0.1) is 5.82 Å². The van der Waals surface area contributed by atoms with Gasteiger partial charge in [-0.2, -0.15) is 0 Å². The number of hydrogen-bond acceptors (Lipinski definition) is 3. The molecule has 1 amide bonds. The lowest BCUT2D eigenvalue weighted by molar-refractivity contribution is 0.0911. The summed E-state index contributed by atoms with van der Waals surface area (Å²) in [5.41, 5.74) is 0.801. The third kappa shape index (κ3) is 3.85. The number of carbonyl (C=O) groups excluding carboxylic acids is 1. The molecular formula is C14H12BrFN2O2. The summed E-state index contributed by atoms with van der Waals surface area (Å²) < 4.78 is 13.5. The van der Waals surface area contributed by atoms with E-state index in [2.05, 4.69) is 26.2 Å². The van der Waals surface area contributed by atoms with Gasteiger partial charge in [0.15, 0.2) is 0 Å². The van der Waals surface area contributed by atoms with Crippen LogP contribution in [-0.2, 0) is 0 Å². The second-order valence-electron chi connectivity index (χ2n) is 4.14. The average molecular weight is 339 g/mol. The minimum atomic E-state index is -0.894. The van der Waals surface area contributed by atoms with Gasteiger partial charge in [-0.05, 0) is 45.8 Å². The molecule has 1 atom stereocenters. The second kappa shape index (κ2) is 6.58. The van der Waals surface area contributed by atoms with Gasteiger partial charge in [0, 0.05) is 17.2 Å². The van der Waals surface area contributed by atoms with E-state index < -0.39 is 6.10 Å². The molecule has 20 heavy (non-hydrogen) atoms. The zero-order valence-electron chi connectivity index (χ0n) is 10.4. The molecule has 104 valence electrons. The highest BCUT2D eigenvalue weighted by Crippen LogP contribution is 2.13. The molecule has 1 heterocycles. The molecule has 0 aliphatic carbocycles. The average Bonchev–Trinajstić information content (AvgIpc) is 2.46. The van der Waals surface area contributed by atoms with Crippen LogP contribution in [0.2, 0.25) is 0 Å². The van der Waals surface area contributed by atoms with Crippen LogP contribution in [0.1, 0.15) is 22.2 Å². The van der Waals surface area contributed by atoms with Crippen LogP contribution in [-0.4, -0.2) is 22.5 Å². The number of hydrogen-bond donors (Lipinski definition) is 2. The number of carbonyl (C=O) groups is 1. The van der Waals surface area contributed by atoms with Crippen molar-refractivity contribution >= 4 is 21.8 Å². The zero-order valence-corrected chi connectivity index (χ0v) is 12.0. The van der Waals surface area contributed by atoms with Crippen LogP contribution in [0.3, 0.4) is 0 Å². The molecule has 0 bridgehead atoms. The fourth-order valence-electron chi connectivity index (χ4n) is 1.59. The number of rotatable bonds is 4. The summed E-state index contributed by atoms with van der Waals surface area (Å²) in [5, 5.41) is 12.5. The molecule has 4 nitrogen and oxygen atoms in total. The van der Waals surface area contributed by atoms with Crippen molar-refractivity contribution in [2.24, 2.45) is 0 Å². The summed E-state index contributed by atoms with van der Waals surface area (Å²) in [6, 6.07) is 8.75. The molecule has 0 aliphatic heterocycles. The number of pyridine rings is 1. The standard InChI is InChI=1S/C14H12BrFN2O2/c15-10-3-6-12(17-7-10)14(20)18-8-13(19)9-1-4-11(16)5-2-9/h1-7,13,19H,8H2,(H,18,20). The topological polar surface area (TPSA) is 62.2 Å². The third-order valence-corrected chi connectivity index (χ3v) is 3.14. The molecular weight excluding hydrogens is 327 g/mol. The number of aromatic nitrogens is 1. The fourth-order valence-corrected chi connectivity index (χ4v) is 1.83. The minimum Gasteiger partial charge on any atom is -0.387 e. The van der Waals surface area contributed by atoms with E-state index in [4.69, 9.17) is 0 Å². The highest BCUT2D eigenvalue weighted by molar-refractivity contribution is 9.10. The molecule has 2 N–H and O–H groups in total. The largest absolute Gasteiger partial charge is 0.387 e. The number of nitrogens with one attached hydrogen (secondary N) is 1.